The van der Waals surface area contributed by atoms with Crippen LogP contribution in [0.15, 0.2) is 0 Å². The number of hydrogen-bond donors (Lipinski definition) is 0. The Morgan fingerprint density at radius 1 is 0.625 bits per heavy atom. The van der Waals surface area contributed by atoms with Crippen LogP contribution in [-0.4, -0.2) is 35.4 Å². The zero-order chi connectivity index (χ0) is 23.4. The Morgan fingerprint density at radius 3 is 1.34 bits per heavy atom. The zero-order valence-electron chi connectivity index (χ0n) is 20.0. The highest BCUT2D eigenvalue weighted by Crippen LogP contribution is 2.16. The Labute approximate surface area is 193 Å². The van der Waals surface area contributed by atoms with Gasteiger partial charge in [0.1, 0.15) is 0 Å². The van der Waals surface area contributed by atoms with E-state index in [0.29, 0.717) is 18.1 Å². The van der Waals surface area contributed by atoms with Gasteiger partial charge in [-0.2, -0.15) is 0 Å². The van der Waals surface area contributed by atoms with Crippen LogP contribution in [0.2, 0.25) is 0 Å². The number of hydrogen-bond acceptors (Lipinski definition) is 6. The fourth-order valence-corrected chi connectivity index (χ4v) is 3.88. The highest BCUT2D eigenvalue weighted by atomic mass is 16.7. The largest absolute Gasteiger partial charge is 0.466 e. The summed E-state index contributed by atoms with van der Waals surface area (Å²) in [5, 5.41) is 0.622. The summed E-state index contributed by atoms with van der Waals surface area (Å²) < 4.78 is 4.92. The van der Waals surface area contributed by atoms with Crippen LogP contribution < -0.4 is 0 Å². The van der Waals surface area contributed by atoms with E-state index >= 15 is 0 Å². The van der Waals surface area contributed by atoms with E-state index in [1.54, 1.807) is 0 Å². The van der Waals surface area contributed by atoms with E-state index in [9.17, 15) is 19.2 Å². The molecule has 7 nitrogen and oxygen atoms in total. The van der Waals surface area contributed by atoms with Crippen LogP contribution in [0.1, 0.15) is 129 Å². The minimum absolute atomic E-state index is 0.0670. The van der Waals surface area contributed by atoms with Gasteiger partial charge in [0.25, 0.3) is 11.8 Å². The molecule has 184 valence electrons. The molecule has 0 aromatic carbocycles. The van der Waals surface area contributed by atoms with Gasteiger partial charge in [-0.25, -0.2) is 4.79 Å². The molecule has 0 aromatic heterocycles. The Balaban J connectivity index is 1.76. The molecule has 7 heteroatoms. The lowest BCUT2D eigenvalue weighted by atomic mass is 10.0. The number of rotatable bonds is 20. The predicted molar refractivity (Wildman–Crippen MR) is 122 cm³/mol. The van der Waals surface area contributed by atoms with Crippen LogP contribution in [0, 0.1) is 0 Å². The first-order valence-corrected chi connectivity index (χ1v) is 12.8. The van der Waals surface area contributed by atoms with Gasteiger partial charge in [0.2, 0.25) is 0 Å². The fourth-order valence-electron chi connectivity index (χ4n) is 3.88. The first-order chi connectivity index (χ1) is 15.5. The van der Waals surface area contributed by atoms with Crippen molar-refractivity contribution in [1.29, 1.82) is 0 Å². The summed E-state index contributed by atoms with van der Waals surface area (Å²) in [6.45, 7) is 2.32. The molecular formula is C25H43NO6. The van der Waals surface area contributed by atoms with Gasteiger partial charge in [0.05, 0.1) is 6.61 Å². The van der Waals surface area contributed by atoms with Crippen molar-refractivity contribution in [2.24, 2.45) is 0 Å². The average Bonchev–Trinajstić information content (AvgIpc) is 3.08. The van der Waals surface area contributed by atoms with Gasteiger partial charge in [0, 0.05) is 25.7 Å². The maximum Gasteiger partial charge on any atom is 0.333 e. The third kappa shape index (κ3) is 14.2. The van der Waals surface area contributed by atoms with Crippen LogP contribution >= 0.6 is 0 Å². The summed E-state index contributed by atoms with van der Waals surface area (Å²) >= 11 is 0. The molecule has 1 aliphatic heterocycles. The minimum atomic E-state index is -0.495. The standard InChI is InChI=1S/C25H43NO6/c1-2-31-24(29)18-16-14-12-10-8-6-4-3-5-7-9-11-13-15-17-19-25(30)32-26-22(27)20-21-23(26)28/h2-21H2,1H3. The van der Waals surface area contributed by atoms with E-state index in [-0.39, 0.29) is 25.2 Å². The zero-order valence-corrected chi connectivity index (χ0v) is 20.0. The van der Waals surface area contributed by atoms with Gasteiger partial charge in [-0.15, -0.1) is 5.06 Å². The molecule has 1 rings (SSSR count). The lowest BCUT2D eigenvalue weighted by Gasteiger charge is -2.12. The summed E-state index contributed by atoms with van der Waals surface area (Å²) in [4.78, 5) is 50.6. The van der Waals surface area contributed by atoms with Crippen molar-refractivity contribution >= 4 is 23.8 Å². The van der Waals surface area contributed by atoms with Crippen LogP contribution in [0.4, 0.5) is 0 Å². The number of esters is 1. The van der Waals surface area contributed by atoms with Crippen molar-refractivity contribution in [3.05, 3.63) is 0 Å². The molecule has 0 atom stereocenters. The predicted octanol–water partition coefficient (Wildman–Crippen LogP) is 5.79. The summed E-state index contributed by atoms with van der Waals surface area (Å²) in [6.07, 6.45) is 18.6. The maximum absolute atomic E-state index is 11.7. The van der Waals surface area contributed by atoms with Crippen LogP contribution in [0.5, 0.6) is 0 Å². The van der Waals surface area contributed by atoms with Gasteiger partial charge < -0.3 is 9.57 Å². The topological polar surface area (TPSA) is 90.0 Å². The summed E-state index contributed by atoms with van der Waals surface area (Å²) in [5.41, 5.74) is 0. The molecule has 1 saturated heterocycles. The number of amides is 2. The molecule has 0 unspecified atom stereocenters. The fraction of sp³-hybridized carbons (Fsp3) is 0.840. The van der Waals surface area contributed by atoms with E-state index in [1.165, 1.54) is 64.2 Å². The van der Waals surface area contributed by atoms with Crippen molar-refractivity contribution in [3.63, 3.8) is 0 Å². The van der Waals surface area contributed by atoms with E-state index in [1.807, 2.05) is 6.92 Å². The minimum Gasteiger partial charge on any atom is -0.466 e. The number of carbonyl (C=O) groups excluding carboxylic acids is 4. The van der Waals surface area contributed by atoms with Gasteiger partial charge in [-0.3, -0.25) is 14.4 Å². The summed E-state index contributed by atoms with van der Waals surface area (Å²) in [7, 11) is 0. The van der Waals surface area contributed by atoms with Crippen molar-refractivity contribution in [3.8, 4) is 0 Å². The molecule has 32 heavy (non-hydrogen) atoms. The van der Waals surface area contributed by atoms with Gasteiger partial charge in [0.15, 0.2) is 0 Å². The van der Waals surface area contributed by atoms with Crippen molar-refractivity contribution < 1.29 is 28.8 Å². The van der Waals surface area contributed by atoms with Crippen LogP contribution in [0.3, 0.4) is 0 Å². The summed E-state index contributed by atoms with van der Waals surface area (Å²) in [6, 6.07) is 0. The Bertz CT molecular complexity index is 547. The lowest BCUT2D eigenvalue weighted by Crippen LogP contribution is -2.31. The van der Waals surface area contributed by atoms with E-state index in [0.717, 1.165) is 32.1 Å². The first-order valence-electron chi connectivity index (χ1n) is 12.8. The second-order valence-corrected chi connectivity index (χ2v) is 8.65. The quantitative estimate of drug-likeness (QED) is 0.132. The Morgan fingerprint density at radius 2 is 0.969 bits per heavy atom. The number of unbranched alkanes of at least 4 members (excludes halogenated alkanes) is 14. The lowest BCUT2D eigenvalue weighted by molar-refractivity contribution is -0.197. The first kappa shape index (κ1) is 28.1. The monoisotopic (exact) mass is 453 g/mol. The van der Waals surface area contributed by atoms with E-state index in [2.05, 4.69) is 0 Å². The van der Waals surface area contributed by atoms with Gasteiger partial charge >= 0.3 is 11.9 Å². The normalized spacial score (nSPS) is 13.6. The van der Waals surface area contributed by atoms with Gasteiger partial charge in [-0.05, 0) is 19.8 Å². The molecule has 0 N–H and O–H groups in total. The number of carbonyl (C=O) groups is 4. The Hall–Kier alpha value is -1.92. The third-order valence-corrected chi connectivity index (χ3v) is 5.77. The molecular weight excluding hydrogens is 410 g/mol. The summed E-state index contributed by atoms with van der Waals surface area (Å²) in [5.74, 6) is -1.41. The molecule has 1 fully saturated rings. The molecule has 2 amide bonds. The molecule has 1 heterocycles. The Kier molecular flexibility index (Phi) is 16.4. The maximum atomic E-state index is 11.7. The SMILES string of the molecule is CCOC(=O)CCCCCCCCCCCCCCCCCC(=O)ON1C(=O)CCC1=O. The molecule has 0 bridgehead atoms. The van der Waals surface area contributed by atoms with Crippen molar-refractivity contribution in [1.82, 2.24) is 5.06 Å². The molecule has 1 aliphatic rings. The van der Waals surface area contributed by atoms with Crippen LogP contribution in [0.25, 0.3) is 0 Å². The van der Waals surface area contributed by atoms with E-state index < -0.39 is 17.8 Å². The number of hydroxylamine groups is 2. The molecule has 0 spiro atoms. The second-order valence-electron chi connectivity index (χ2n) is 8.65. The van der Waals surface area contributed by atoms with Crippen molar-refractivity contribution in [2.75, 3.05) is 6.61 Å². The highest BCUT2D eigenvalue weighted by molar-refractivity contribution is 6.01. The number of ether oxygens (including phenoxy) is 1. The molecule has 0 aromatic rings. The smallest absolute Gasteiger partial charge is 0.333 e. The highest BCUT2D eigenvalue weighted by Gasteiger charge is 2.32. The molecule has 0 radical (unpaired) electrons. The second kappa shape index (κ2) is 18.6. The molecule has 0 saturated carbocycles. The number of imide groups is 1. The molecule has 0 aliphatic carbocycles. The van der Waals surface area contributed by atoms with E-state index in [4.69, 9.17) is 9.57 Å². The average molecular weight is 454 g/mol. The van der Waals surface area contributed by atoms with Gasteiger partial charge in [-0.1, -0.05) is 83.5 Å². The third-order valence-electron chi connectivity index (χ3n) is 5.77. The van der Waals surface area contributed by atoms with Crippen molar-refractivity contribution in [2.45, 2.75) is 129 Å². The number of nitrogens with zero attached hydrogens (tertiary/aromatic N) is 1. The van der Waals surface area contributed by atoms with Crippen LogP contribution in [-0.2, 0) is 28.8 Å².